The first kappa shape index (κ1) is 10.9. The monoisotopic (exact) mass is 189 g/mol. The lowest BCUT2D eigenvalue weighted by molar-refractivity contribution is -0.0174. The average Bonchev–Trinajstić information content (AvgIpc) is 2.22. The van der Waals surface area contributed by atoms with E-state index in [-0.39, 0.29) is 12.3 Å². The van der Waals surface area contributed by atoms with Gasteiger partial charge in [0.05, 0.1) is 12.3 Å². The van der Waals surface area contributed by atoms with Crippen LogP contribution in [0.25, 0.3) is 0 Å². The zero-order valence-corrected chi connectivity index (χ0v) is 8.68. The van der Waals surface area contributed by atoms with E-state index in [9.17, 15) is 4.39 Å². The van der Waals surface area contributed by atoms with Crippen LogP contribution in [0.1, 0.15) is 26.7 Å². The van der Waals surface area contributed by atoms with Gasteiger partial charge in [-0.2, -0.15) is 0 Å². The van der Waals surface area contributed by atoms with Crippen molar-refractivity contribution >= 4 is 0 Å². The Kier molecular flexibility index (Phi) is 4.13. The molecule has 0 saturated carbocycles. The number of rotatable bonds is 3. The third-order valence-electron chi connectivity index (χ3n) is 2.32. The number of nitrogens with zero attached hydrogens (tertiary/aromatic N) is 1. The van der Waals surface area contributed by atoms with Gasteiger partial charge in [0.25, 0.3) is 0 Å². The summed E-state index contributed by atoms with van der Waals surface area (Å²) in [5.74, 6) is 0. The molecule has 0 N–H and O–H groups in total. The Morgan fingerprint density at radius 3 is 2.92 bits per heavy atom. The second-order valence-electron chi connectivity index (χ2n) is 4.28. The number of halogens is 1. The highest BCUT2D eigenvalue weighted by Crippen LogP contribution is 2.16. The first-order chi connectivity index (χ1) is 6.14. The van der Waals surface area contributed by atoms with Gasteiger partial charge in [0, 0.05) is 26.2 Å². The smallest absolute Gasteiger partial charge is 0.0906 e. The number of hydrogen-bond donors (Lipinski definition) is 0. The summed E-state index contributed by atoms with van der Waals surface area (Å²) in [7, 11) is 0. The predicted molar refractivity (Wildman–Crippen MR) is 51.7 cm³/mol. The van der Waals surface area contributed by atoms with Crippen molar-refractivity contribution in [3.8, 4) is 0 Å². The van der Waals surface area contributed by atoms with Gasteiger partial charge in [-0.25, -0.2) is 0 Å². The van der Waals surface area contributed by atoms with Crippen molar-refractivity contribution in [2.45, 2.75) is 32.3 Å². The van der Waals surface area contributed by atoms with Crippen molar-refractivity contribution in [3.05, 3.63) is 0 Å². The van der Waals surface area contributed by atoms with Crippen LogP contribution in [0.3, 0.4) is 0 Å². The van der Waals surface area contributed by atoms with E-state index in [1.807, 2.05) is 0 Å². The molecule has 0 atom stereocenters. The van der Waals surface area contributed by atoms with Crippen LogP contribution in [-0.2, 0) is 4.74 Å². The normalized spacial score (nSPS) is 24.2. The van der Waals surface area contributed by atoms with Gasteiger partial charge in [0.2, 0.25) is 0 Å². The van der Waals surface area contributed by atoms with E-state index in [0.29, 0.717) is 6.42 Å². The van der Waals surface area contributed by atoms with Crippen molar-refractivity contribution in [3.63, 3.8) is 0 Å². The molecule has 13 heavy (non-hydrogen) atoms. The van der Waals surface area contributed by atoms with Gasteiger partial charge in [-0.15, -0.1) is 0 Å². The molecule has 78 valence electrons. The summed E-state index contributed by atoms with van der Waals surface area (Å²) in [5, 5.41) is 0. The minimum atomic E-state index is -0.211. The Morgan fingerprint density at radius 2 is 2.23 bits per heavy atom. The van der Waals surface area contributed by atoms with Crippen molar-refractivity contribution < 1.29 is 9.13 Å². The molecule has 1 saturated heterocycles. The van der Waals surface area contributed by atoms with Crippen molar-refractivity contribution in [2.24, 2.45) is 0 Å². The van der Waals surface area contributed by atoms with Crippen molar-refractivity contribution in [1.82, 2.24) is 4.90 Å². The van der Waals surface area contributed by atoms with Crippen LogP contribution in [0.15, 0.2) is 0 Å². The maximum atomic E-state index is 12.0. The molecule has 1 aliphatic heterocycles. The lowest BCUT2D eigenvalue weighted by atomic mass is 10.1. The van der Waals surface area contributed by atoms with E-state index in [1.165, 1.54) is 0 Å². The van der Waals surface area contributed by atoms with Crippen LogP contribution in [0, 0.1) is 0 Å². The lowest BCUT2D eigenvalue weighted by Gasteiger charge is -2.28. The topological polar surface area (TPSA) is 12.5 Å². The predicted octanol–water partition coefficient (Wildman–Crippen LogP) is 1.85. The first-order valence-electron chi connectivity index (χ1n) is 5.06. The number of alkyl halides is 1. The Morgan fingerprint density at radius 1 is 1.46 bits per heavy atom. The van der Waals surface area contributed by atoms with E-state index < -0.39 is 0 Å². The summed E-state index contributed by atoms with van der Waals surface area (Å²) in [4.78, 5) is 2.30. The third-order valence-corrected chi connectivity index (χ3v) is 2.32. The first-order valence-corrected chi connectivity index (χ1v) is 5.06. The van der Waals surface area contributed by atoms with Gasteiger partial charge in [-0.3, -0.25) is 4.39 Å². The van der Waals surface area contributed by atoms with Gasteiger partial charge in [0.15, 0.2) is 0 Å². The van der Waals surface area contributed by atoms with E-state index >= 15 is 0 Å². The molecule has 0 aromatic heterocycles. The molecular weight excluding hydrogens is 169 g/mol. The lowest BCUT2D eigenvalue weighted by Crippen LogP contribution is -2.38. The van der Waals surface area contributed by atoms with E-state index in [0.717, 1.165) is 32.7 Å². The SMILES string of the molecule is CC1(C)CN(CCCF)CCCO1. The second-order valence-corrected chi connectivity index (χ2v) is 4.28. The summed E-state index contributed by atoms with van der Waals surface area (Å²) in [6.45, 7) is 7.65. The molecule has 1 aliphatic rings. The molecule has 0 aromatic carbocycles. The molecule has 0 radical (unpaired) electrons. The zero-order valence-electron chi connectivity index (χ0n) is 8.68. The van der Waals surface area contributed by atoms with E-state index in [2.05, 4.69) is 18.7 Å². The summed E-state index contributed by atoms with van der Waals surface area (Å²) in [5.41, 5.74) is -0.0627. The standard InChI is InChI=1S/C10H20FNO/c1-10(2)9-12(6-3-5-11)7-4-8-13-10/h3-9H2,1-2H3. The Balaban J connectivity index is 2.36. The van der Waals surface area contributed by atoms with Crippen LogP contribution in [0.4, 0.5) is 4.39 Å². The number of hydrogen-bond acceptors (Lipinski definition) is 2. The fourth-order valence-electron chi connectivity index (χ4n) is 1.77. The summed E-state index contributed by atoms with van der Waals surface area (Å²) in [6.07, 6.45) is 1.71. The Labute approximate surface area is 80.1 Å². The highest BCUT2D eigenvalue weighted by atomic mass is 19.1. The minimum Gasteiger partial charge on any atom is -0.374 e. The maximum absolute atomic E-state index is 12.0. The fraction of sp³-hybridized carbons (Fsp3) is 1.00. The van der Waals surface area contributed by atoms with Gasteiger partial charge >= 0.3 is 0 Å². The quantitative estimate of drug-likeness (QED) is 0.671. The van der Waals surface area contributed by atoms with E-state index in [4.69, 9.17) is 4.74 Å². The molecule has 0 aromatic rings. The second kappa shape index (κ2) is 4.91. The minimum absolute atomic E-state index is 0.0627. The summed E-state index contributed by atoms with van der Waals surface area (Å²) >= 11 is 0. The largest absolute Gasteiger partial charge is 0.374 e. The zero-order chi connectivity index (χ0) is 9.73. The van der Waals surface area contributed by atoms with Crippen molar-refractivity contribution in [2.75, 3.05) is 32.9 Å². The molecule has 2 nitrogen and oxygen atoms in total. The molecule has 0 unspecified atom stereocenters. The van der Waals surface area contributed by atoms with Crippen LogP contribution in [0.5, 0.6) is 0 Å². The highest BCUT2D eigenvalue weighted by molar-refractivity contribution is 4.77. The third kappa shape index (κ3) is 4.05. The molecule has 0 spiro atoms. The Hall–Kier alpha value is -0.150. The fourth-order valence-corrected chi connectivity index (χ4v) is 1.77. The van der Waals surface area contributed by atoms with Gasteiger partial charge in [0.1, 0.15) is 0 Å². The highest BCUT2D eigenvalue weighted by Gasteiger charge is 2.24. The number of ether oxygens (including phenoxy) is 1. The van der Waals surface area contributed by atoms with E-state index in [1.54, 1.807) is 0 Å². The molecule has 1 fully saturated rings. The average molecular weight is 189 g/mol. The van der Waals surface area contributed by atoms with Crippen molar-refractivity contribution in [1.29, 1.82) is 0 Å². The summed E-state index contributed by atoms with van der Waals surface area (Å²) in [6, 6.07) is 0. The van der Waals surface area contributed by atoms with Crippen LogP contribution >= 0.6 is 0 Å². The van der Waals surface area contributed by atoms with Crippen LogP contribution in [-0.4, -0.2) is 43.4 Å². The van der Waals surface area contributed by atoms with Crippen LogP contribution < -0.4 is 0 Å². The molecule has 1 heterocycles. The molecule has 0 bridgehead atoms. The van der Waals surface area contributed by atoms with Gasteiger partial charge in [-0.1, -0.05) is 0 Å². The molecule has 0 aliphatic carbocycles. The van der Waals surface area contributed by atoms with Gasteiger partial charge < -0.3 is 9.64 Å². The van der Waals surface area contributed by atoms with Gasteiger partial charge in [-0.05, 0) is 26.7 Å². The molecule has 3 heteroatoms. The maximum Gasteiger partial charge on any atom is 0.0906 e. The Bertz CT molecular complexity index is 150. The molecule has 0 amide bonds. The van der Waals surface area contributed by atoms with Crippen LogP contribution in [0.2, 0.25) is 0 Å². The summed E-state index contributed by atoms with van der Waals surface area (Å²) < 4.78 is 17.6. The molecule has 1 rings (SSSR count). The molecular formula is C10H20FNO.